The van der Waals surface area contributed by atoms with Crippen molar-refractivity contribution in [1.82, 2.24) is 19.7 Å². The molecule has 0 atom stereocenters. The van der Waals surface area contributed by atoms with E-state index < -0.39 is 0 Å². The molecule has 2 fully saturated rings. The summed E-state index contributed by atoms with van der Waals surface area (Å²) >= 11 is 0. The quantitative estimate of drug-likeness (QED) is 0.739. The van der Waals surface area contributed by atoms with Gasteiger partial charge in [0.25, 0.3) is 0 Å². The molecule has 0 radical (unpaired) electrons. The predicted octanol–water partition coefficient (Wildman–Crippen LogP) is 3.33. The molecule has 2 saturated heterocycles. The van der Waals surface area contributed by atoms with Gasteiger partial charge in [-0.05, 0) is 102 Å². The molecule has 0 aromatic carbocycles. The number of allylic oxidation sites excluding steroid dienone is 1. The van der Waals surface area contributed by atoms with Crippen molar-refractivity contribution in [3.8, 4) is 0 Å². The highest BCUT2D eigenvalue weighted by molar-refractivity contribution is 5.93. The standard InChI is InChI=1S/C24H36N4O/c1-26-14-10-23(11-15-26)27-16-8-21(9-17-27)19-28(18-20-6-12-25-13-7-20)24(29)22-4-2-3-5-22/h4,6-7,12-13,21,23H,2-3,5,8-11,14-19H2,1H3. The molecule has 5 heteroatoms. The molecule has 0 saturated carbocycles. The van der Waals surface area contributed by atoms with Crippen LogP contribution in [0.5, 0.6) is 0 Å². The zero-order valence-electron chi connectivity index (χ0n) is 17.9. The Balaban J connectivity index is 1.34. The number of likely N-dealkylation sites (tertiary alicyclic amines) is 2. The number of piperidine rings is 2. The van der Waals surface area contributed by atoms with Crippen LogP contribution < -0.4 is 0 Å². The van der Waals surface area contributed by atoms with E-state index >= 15 is 0 Å². The van der Waals surface area contributed by atoms with Crippen LogP contribution in [0.1, 0.15) is 50.5 Å². The smallest absolute Gasteiger partial charge is 0.249 e. The highest BCUT2D eigenvalue weighted by Crippen LogP contribution is 2.26. The average Bonchev–Trinajstić information content (AvgIpc) is 3.30. The van der Waals surface area contributed by atoms with Gasteiger partial charge in [-0.2, -0.15) is 0 Å². The Morgan fingerprint density at radius 2 is 1.83 bits per heavy atom. The van der Waals surface area contributed by atoms with Crippen LogP contribution in [0.2, 0.25) is 0 Å². The Kier molecular flexibility index (Phi) is 6.98. The minimum absolute atomic E-state index is 0.261. The number of amides is 1. The van der Waals surface area contributed by atoms with Crippen molar-refractivity contribution in [2.24, 2.45) is 5.92 Å². The van der Waals surface area contributed by atoms with E-state index in [9.17, 15) is 4.79 Å². The van der Waals surface area contributed by atoms with Gasteiger partial charge in [-0.3, -0.25) is 9.78 Å². The van der Waals surface area contributed by atoms with Gasteiger partial charge in [-0.25, -0.2) is 0 Å². The molecule has 0 bridgehead atoms. The third-order valence-electron chi connectivity index (χ3n) is 7.06. The summed E-state index contributed by atoms with van der Waals surface area (Å²) in [6.45, 7) is 6.44. The monoisotopic (exact) mass is 396 g/mol. The van der Waals surface area contributed by atoms with Gasteiger partial charge in [0.1, 0.15) is 0 Å². The van der Waals surface area contributed by atoms with Crippen LogP contribution >= 0.6 is 0 Å². The number of carbonyl (C=O) groups excluding carboxylic acids is 1. The van der Waals surface area contributed by atoms with Crippen molar-refractivity contribution in [3.63, 3.8) is 0 Å². The first-order chi connectivity index (χ1) is 14.2. The molecule has 1 aromatic heterocycles. The molecule has 1 aliphatic carbocycles. The van der Waals surface area contributed by atoms with E-state index in [1.54, 1.807) is 0 Å². The molecule has 158 valence electrons. The molecule has 4 rings (SSSR count). The lowest BCUT2D eigenvalue weighted by Crippen LogP contribution is -2.48. The summed E-state index contributed by atoms with van der Waals surface area (Å²) < 4.78 is 0. The van der Waals surface area contributed by atoms with E-state index in [0.29, 0.717) is 12.5 Å². The maximum atomic E-state index is 13.2. The van der Waals surface area contributed by atoms with Crippen LogP contribution in [0.3, 0.4) is 0 Å². The van der Waals surface area contributed by atoms with Gasteiger partial charge in [0, 0.05) is 37.1 Å². The highest BCUT2D eigenvalue weighted by Gasteiger charge is 2.29. The molecule has 3 heterocycles. The Morgan fingerprint density at radius 3 is 2.48 bits per heavy atom. The molecule has 3 aliphatic rings. The largest absolute Gasteiger partial charge is 0.334 e. The van der Waals surface area contributed by atoms with Crippen LogP contribution in [-0.4, -0.2) is 71.4 Å². The fourth-order valence-corrected chi connectivity index (χ4v) is 5.17. The number of hydrogen-bond acceptors (Lipinski definition) is 4. The second kappa shape index (κ2) is 9.86. The van der Waals surface area contributed by atoms with Crippen molar-refractivity contribution in [2.75, 3.05) is 39.8 Å². The summed E-state index contributed by atoms with van der Waals surface area (Å²) in [6.07, 6.45) is 14.0. The Bertz CT molecular complexity index is 688. The first kappa shape index (κ1) is 20.5. The molecule has 5 nitrogen and oxygen atoms in total. The molecule has 0 N–H and O–H groups in total. The van der Waals surface area contributed by atoms with E-state index in [1.807, 2.05) is 24.5 Å². The maximum Gasteiger partial charge on any atom is 0.249 e. The van der Waals surface area contributed by atoms with E-state index in [2.05, 4.69) is 32.8 Å². The van der Waals surface area contributed by atoms with Crippen molar-refractivity contribution in [1.29, 1.82) is 0 Å². The lowest BCUT2D eigenvalue weighted by Gasteiger charge is -2.42. The number of rotatable bonds is 6. The highest BCUT2D eigenvalue weighted by atomic mass is 16.2. The minimum Gasteiger partial charge on any atom is -0.334 e. The third kappa shape index (κ3) is 5.46. The van der Waals surface area contributed by atoms with Crippen molar-refractivity contribution in [3.05, 3.63) is 41.7 Å². The zero-order chi connectivity index (χ0) is 20.1. The normalized spacial score (nSPS) is 22.6. The van der Waals surface area contributed by atoms with Crippen LogP contribution in [0.4, 0.5) is 0 Å². The Hall–Kier alpha value is -1.72. The fourth-order valence-electron chi connectivity index (χ4n) is 5.17. The van der Waals surface area contributed by atoms with Crippen LogP contribution in [-0.2, 0) is 11.3 Å². The molecule has 1 amide bonds. The first-order valence-electron chi connectivity index (χ1n) is 11.5. The number of nitrogens with zero attached hydrogens (tertiary/aromatic N) is 4. The van der Waals surface area contributed by atoms with E-state index in [-0.39, 0.29) is 5.91 Å². The third-order valence-corrected chi connectivity index (χ3v) is 7.06. The van der Waals surface area contributed by atoms with Crippen molar-refractivity contribution in [2.45, 2.75) is 57.5 Å². The summed E-state index contributed by atoms with van der Waals surface area (Å²) in [6, 6.07) is 4.84. The van der Waals surface area contributed by atoms with Gasteiger partial charge in [-0.15, -0.1) is 0 Å². The van der Waals surface area contributed by atoms with Gasteiger partial charge in [0.15, 0.2) is 0 Å². The van der Waals surface area contributed by atoms with Crippen molar-refractivity contribution < 1.29 is 4.79 Å². The molecule has 1 aromatic rings. The van der Waals surface area contributed by atoms with Crippen LogP contribution in [0, 0.1) is 5.92 Å². The summed E-state index contributed by atoms with van der Waals surface area (Å²) in [5, 5.41) is 0. The number of aromatic nitrogens is 1. The molecular formula is C24H36N4O. The molecular weight excluding hydrogens is 360 g/mol. The van der Waals surface area contributed by atoms with E-state index in [4.69, 9.17) is 0 Å². The van der Waals surface area contributed by atoms with Gasteiger partial charge in [0.2, 0.25) is 5.91 Å². The lowest BCUT2D eigenvalue weighted by atomic mass is 9.92. The minimum atomic E-state index is 0.261. The first-order valence-corrected chi connectivity index (χ1v) is 11.5. The number of carbonyl (C=O) groups is 1. The lowest BCUT2D eigenvalue weighted by molar-refractivity contribution is -0.128. The molecule has 0 unspecified atom stereocenters. The fraction of sp³-hybridized carbons (Fsp3) is 0.667. The van der Waals surface area contributed by atoms with Crippen LogP contribution in [0.25, 0.3) is 0 Å². The predicted molar refractivity (Wildman–Crippen MR) is 116 cm³/mol. The molecule has 29 heavy (non-hydrogen) atoms. The number of pyridine rings is 1. The topological polar surface area (TPSA) is 39.7 Å². The van der Waals surface area contributed by atoms with E-state index in [1.165, 1.54) is 57.4 Å². The SMILES string of the molecule is CN1CCC(N2CCC(CN(Cc3ccncc3)C(=O)C3=CCCC3)CC2)CC1. The second-order valence-corrected chi connectivity index (χ2v) is 9.18. The molecule has 2 aliphatic heterocycles. The zero-order valence-corrected chi connectivity index (χ0v) is 17.9. The Labute approximate surface area is 175 Å². The second-order valence-electron chi connectivity index (χ2n) is 9.18. The van der Waals surface area contributed by atoms with Gasteiger partial charge in [-0.1, -0.05) is 6.08 Å². The summed E-state index contributed by atoms with van der Waals surface area (Å²) in [5.41, 5.74) is 2.21. The van der Waals surface area contributed by atoms with Gasteiger partial charge in [0.05, 0.1) is 0 Å². The summed E-state index contributed by atoms with van der Waals surface area (Å²) in [5.74, 6) is 0.877. The maximum absolute atomic E-state index is 13.2. The van der Waals surface area contributed by atoms with Crippen LogP contribution in [0.15, 0.2) is 36.2 Å². The summed E-state index contributed by atoms with van der Waals surface area (Å²) in [4.78, 5) is 24.6. The average molecular weight is 397 g/mol. The molecule has 0 spiro atoms. The summed E-state index contributed by atoms with van der Waals surface area (Å²) in [7, 11) is 2.23. The van der Waals surface area contributed by atoms with Gasteiger partial charge >= 0.3 is 0 Å². The van der Waals surface area contributed by atoms with Gasteiger partial charge < -0.3 is 14.7 Å². The van der Waals surface area contributed by atoms with Crippen molar-refractivity contribution >= 4 is 5.91 Å². The Morgan fingerprint density at radius 1 is 1.10 bits per heavy atom. The number of hydrogen-bond donors (Lipinski definition) is 0. The van der Waals surface area contributed by atoms with E-state index in [0.717, 1.165) is 37.4 Å².